The molecule has 84 valence electrons. The predicted octanol–water partition coefficient (Wildman–Crippen LogP) is 2.10. The molecule has 0 unspecified atom stereocenters. The fourth-order valence-electron chi connectivity index (χ4n) is 2.96. The summed E-state index contributed by atoms with van der Waals surface area (Å²) in [5.74, 6) is 0.138. The minimum absolute atomic E-state index is 0.0197. The number of rotatable bonds is 1. The molecule has 0 radical (unpaired) electrons. The SMILES string of the molecule is CC(C)N1C(=O)CC2(CCCCC2)C1=O. The van der Waals surface area contributed by atoms with E-state index in [4.69, 9.17) is 0 Å². The first-order valence-electron chi connectivity index (χ1n) is 5.93. The zero-order valence-electron chi connectivity index (χ0n) is 9.58. The summed E-state index contributed by atoms with van der Waals surface area (Å²) in [6, 6.07) is 0.0197. The summed E-state index contributed by atoms with van der Waals surface area (Å²) in [7, 11) is 0. The normalized spacial score (nSPS) is 25.7. The van der Waals surface area contributed by atoms with E-state index in [1.807, 2.05) is 13.8 Å². The Kier molecular flexibility index (Phi) is 2.57. The van der Waals surface area contributed by atoms with Crippen molar-refractivity contribution in [1.82, 2.24) is 4.90 Å². The lowest BCUT2D eigenvalue weighted by atomic mass is 9.73. The smallest absolute Gasteiger partial charge is 0.236 e. The molecule has 0 atom stereocenters. The van der Waals surface area contributed by atoms with E-state index in [1.165, 1.54) is 11.3 Å². The van der Waals surface area contributed by atoms with Crippen molar-refractivity contribution >= 4 is 11.8 Å². The topological polar surface area (TPSA) is 37.4 Å². The molecule has 3 heteroatoms. The second-order valence-corrected chi connectivity index (χ2v) is 5.18. The summed E-state index contributed by atoms with van der Waals surface area (Å²) >= 11 is 0. The first kappa shape index (κ1) is 10.7. The maximum atomic E-state index is 12.2. The molecule has 0 aromatic heterocycles. The Bertz CT molecular complexity index is 290. The van der Waals surface area contributed by atoms with Crippen molar-refractivity contribution in [3.63, 3.8) is 0 Å². The predicted molar refractivity (Wildman–Crippen MR) is 57.1 cm³/mol. The van der Waals surface area contributed by atoms with Crippen molar-refractivity contribution in [2.24, 2.45) is 5.41 Å². The van der Waals surface area contributed by atoms with E-state index in [0.29, 0.717) is 6.42 Å². The molecule has 0 aromatic rings. The van der Waals surface area contributed by atoms with Gasteiger partial charge in [0.1, 0.15) is 0 Å². The Morgan fingerprint density at radius 2 is 1.73 bits per heavy atom. The number of imide groups is 1. The van der Waals surface area contributed by atoms with E-state index < -0.39 is 0 Å². The molecule has 1 aliphatic carbocycles. The van der Waals surface area contributed by atoms with Gasteiger partial charge < -0.3 is 0 Å². The van der Waals surface area contributed by atoms with E-state index in [1.54, 1.807) is 0 Å². The van der Waals surface area contributed by atoms with Crippen LogP contribution in [0.3, 0.4) is 0 Å². The standard InChI is InChI=1S/C12H19NO2/c1-9(2)13-10(14)8-12(11(13)15)6-4-3-5-7-12/h9H,3-8H2,1-2H3. The second-order valence-electron chi connectivity index (χ2n) is 5.18. The second kappa shape index (κ2) is 3.62. The van der Waals surface area contributed by atoms with Crippen LogP contribution in [0.1, 0.15) is 52.4 Å². The van der Waals surface area contributed by atoms with Crippen LogP contribution in [0.2, 0.25) is 0 Å². The third-order valence-electron chi connectivity index (χ3n) is 3.76. The molecule has 0 N–H and O–H groups in total. The number of hydrogen-bond donors (Lipinski definition) is 0. The molecule has 2 aliphatic rings. The van der Waals surface area contributed by atoms with E-state index in [2.05, 4.69) is 0 Å². The average Bonchev–Trinajstić information content (AvgIpc) is 2.40. The molecule has 2 fully saturated rings. The Morgan fingerprint density at radius 3 is 2.20 bits per heavy atom. The molecular weight excluding hydrogens is 190 g/mol. The highest BCUT2D eigenvalue weighted by atomic mass is 16.2. The quantitative estimate of drug-likeness (QED) is 0.620. The molecule has 1 aliphatic heterocycles. The summed E-state index contributed by atoms with van der Waals surface area (Å²) in [5.41, 5.74) is -0.306. The molecule has 1 saturated heterocycles. The van der Waals surface area contributed by atoms with Crippen molar-refractivity contribution in [2.45, 2.75) is 58.4 Å². The van der Waals surface area contributed by atoms with Gasteiger partial charge in [-0.05, 0) is 26.7 Å². The lowest BCUT2D eigenvalue weighted by molar-refractivity contribution is -0.144. The van der Waals surface area contributed by atoms with Gasteiger partial charge in [-0.15, -0.1) is 0 Å². The highest BCUT2D eigenvalue weighted by Crippen LogP contribution is 2.45. The zero-order valence-corrected chi connectivity index (χ0v) is 9.58. The fourth-order valence-corrected chi connectivity index (χ4v) is 2.96. The van der Waals surface area contributed by atoms with Crippen molar-refractivity contribution < 1.29 is 9.59 Å². The van der Waals surface area contributed by atoms with E-state index in [0.717, 1.165) is 25.7 Å². The van der Waals surface area contributed by atoms with Gasteiger partial charge in [0.2, 0.25) is 11.8 Å². The van der Waals surface area contributed by atoms with Gasteiger partial charge in [0.15, 0.2) is 0 Å². The Hall–Kier alpha value is -0.860. The van der Waals surface area contributed by atoms with Crippen LogP contribution < -0.4 is 0 Å². The number of carbonyl (C=O) groups is 2. The highest BCUT2D eigenvalue weighted by Gasteiger charge is 2.51. The van der Waals surface area contributed by atoms with Crippen LogP contribution in [0.25, 0.3) is 0 Å². The van der Waals surface area contributed by atoms with Crippen LogP contribution in [0, 0.1) is 5.41 Å². The number of carbonyl (C=O) groups excluding carboxylic acids is 2. The minimum atomic E-state index is -0.306. The monoisotopic (exact) mass is 209 g/mol. The van der Waals surface area contributed by atoms with Crippen LogP contribution >= 0.6 is 0 Å². The van der Waals surface area contributed by atoms with Crippen LogP contribution in [0.4, 0.5) is 0 Å². The summed E-state index contributed by atoms with van der Waals surface area (Å²) in [5, 5.41) is 0. The highest BCUT2D eigenvalue weighted by molar-refractivity contribution is 6.06. The van der Waals surface area contributed by atoms with Crippen LogP contribution in [0.15, 0.2) is 0 Å². The van der Waals surface area contributed by atoms with E-state index >= 15 is 0 Å². The van der Waals surface area contributed by atoms with Crippen LogP contribution in [-0.2, 0) is 9.59 Å². The van der Waals surface area contributed by atoms with Gasteiger partial charge in [-0.3, -0.25) is 14.5 Å². The molecule has 0 aromatic carbocycles. The Labute approximate surface area is 90.8 Å². The molecule has 2 rings (SSSR count). The largest absolute Gasteiger partial charge is 0.280 e. The number of nitrogens with zero attached hydrogens (tertiary/aromatic N) is 1. The molecule has 0 bridgehead atoms. The number of hydrogen-bond acceptors (Lipinski definition) is 2. The van der Waals surface area contributed by atoms with E-state index in [-0.39, 0.29) is 23.3 Å². The molecule has 2 amide bonds. The van der Waals surface area contributed by atoms with E-state index in [9.17, 15) is 9.59 Å². The first-order valence-corrected chi connectivity index (χ1v) is 5.93. The van der Waals surface area contributed by atoms with Gasteiger partial charge in [0.25, 0.3) is 0 Å². The summed E-state index contributed by atoms with van der Waals surface area (Å²) in [6.07, 6.45) is 5.71. The summed E-state index contributed by atoms with van der Waals surface area (Å²) in [6.45, 7) is 3.83. The number of amides is 2. The third kappa shape index (κ3) is 1.58. The average molecular weight is 209 g/mol. The van der Waals surface area contributed by atoms with Crippen molar-refractivity contribution in [3.05, 3.63) is 0 Å². The minimum Gasteiger partial charge on any atom is -0.280 e. The van der Waals surface area contributed by atoms with Gasteiger partial charge in [-0.25, -0.2) is 0 Å². The first-order chi connectivity index (χ1) is 7.07. The number of likely N-dealkylation sites (tertiary alicyclic amines) is 1. The third-order valence-corrected chi connectivity index (χ3v) is 3.76. The molecule has 1 spiro atoms. The molecule has 15 heavy (non-hydrogen) atoms. The van der Waals surface area contributed by atoms with Gasteiger partial charge in [0.05, 0.1) is 5.41 Å². The van der Waals surface area contributed by atoms with Crippen LogP contribution in [-0.4, -0.2) is 22.8 Å². The van der Waals surface area contributed by atoms with Crippen molar-refractivity contribution in [3.8, 4) is 0 Å². The molecule has 1 saturated carbocycles. The molecule has 3 nitrogen and oxygen atoms in total. The molecule has 1 heterocycles. The van der Waals surface area contributed by atoms with Gasteiger partial charge in [0, 0.05) is 12.5 Å². The Morgan fingerprint density at radius 1 is 1.13 bits per heavy atom. The molecular formula is C12H19NO2. The summed E-state index contributed by atoms with van der Waals surface area (Å²) < 4.78 is 0. The Balaban J connectivity index is 2.23. The van der Waals surface area contributed by atoms with Crippen molar-refractivity contribution in [2.75, 3.05) is 0 Å². The summed E-state index contributed by atoms with van der Waals surface area (Å²) in [4.78, 5) is 25.5. The van der Waals surface area contributed by atoms with Gasteiger partial charge in [-0.2, -0.15) is 0 Å². The maximum absolute atomic E-state index is 12.2. The van der Waals surface area contributed by atoms with Gasteiger partial charge in [-0.1, -0.05) is 19.3 Å². The van der Waals surface area contributed by atoms with Gasteiger partial charge >= 0.3 is 0 Å². The fraction of sp³-hybridized carbons (Fsp3) is 0.833. The van der Waals surface area contributed by atoms with Crippen molar-refractivity contribution in [1.29, 1.82) is 0 Å². The lowest BCUT2D eigenvalue weighted by Gasteiger charge is -2.31. The maximum Gasteiger partial charge on any atom is 0.236 e. The van der Waals surface area contributed by atoms with Crippen LogP contribution in [0.5, 0.6) is 0 Å². The zero-order chi connectivity index (χ0) is 11.1. The lowest BCUT2D eigenvalue weighted by Crippen LogP contribution is -2.40.